The van der Waals surface area contributed by atoms with Gasteiger partial charge in [0.2, 0.25) is 0 Å². The van der Waals surface area contributed by atoms with E-state index in [1.165, 1.54) is 5.56 Å². The van der Waals surface area contributed by atoms with Crippen LogP contribution in [0.15, 0.2) is 85.1 Å². The molecule has 0 fully saturated rings. The Bertz CT molecular complexity index is 1190. The van der Waals surface area contributed by atoms with Crippen molar-refractivity contribution in [1.82, 2.24) is 9.97 Å². The fraction of sp³-hybridized carbons (Fsp3) is 0.0800. The first-order chi connectivity index (χ1) is 14.6. The van der Waals surface area contributed by atoms with Gasteiger partial charge in [-0.2, -0.15) is 0 Å². The van der Waals surface area contributed by atoms with Gasteiger partial charge in [0.25, 0.3) is 5.91 Å². The Hall–Kier alpha value is -3.99. The second-order valence-electron chi connectivity index (χ2n) is 7.09. The van der Waals surface area contributed by atoms with Gasteiger partial charge in [0.05, 0.1) is 0 Å². The van der Waals surface area contributed by atoms with Gasteiger partial charge < -0.3 is 10.6 Å². The molecule has 0 saturated heterocycles. The second-order valence-corrected chi connectivity index (χ2v) is 7.09. The minimum Gasteiger partial charge on any atom is -0.340 e. The van der Waals surface area contributed by atoms with E-state index in [-0.39, 0.29) is 5.91 Å². The lowest BCUT2D eigenvalue weighted by molar-refractivity contribution is 0.102. The van der Waals surface area contributed by atoms with Crippen LogP contribution in [0.5, 0.6) is 0 Å². The number of carbonyl (C=O) groups excluding carboxylic acids is 1. The molecule has 1 amide bonds. The van der Waals surface area contributed by atoms with Crippen molar-refractivity contribution in [2.24, 2.45) is 0 Å². The predicted octanol–water partition coefficient (Wildman–Crippen LogP) is 5.76. The van der Waals surface area contributed by atoms with Crippen LogP contribution < -0.4 is 10.6 Å². The Morgan fingerprint density at radius 1 is 0.800 bits per heavy atom. The van der Waals surface area contributed by atoms with E-state index >= 15 is 0 Å². The highest BCUT2D eigenvalue weighted by Gasteiger charge is 2.09. The molecule has 0 aliphatic carbocycles. The monoisotopic (exact) mass is 394 g/mol. The smallest absolute Gasteiger partial charge is 0.255 e. The first-order valence-electron chi connectivity index (χ1n) is 9.73. The number of aryl methyl sites for hydroxylation is 2. The maximum atomic E-state index is 12.7. The van der Waals surface area contributed by atoms with Gasteiger partial charge >= 0.3 is 0 Å². The molecule has 3 aromatic carbocycles. The van der Waals surface area contributed by atoms with Gasteiger partial charge in [0.1, 0.15) is 5.82 Å². The molecule has 0 unspecified atom stereocenters. The lowest BCUT2D eigenvalue weighted by Gasteiger charge is -2.10. The number of aromatic nitrogens is 2. The molecule has 0 aliphatic heterocycles. The lowest BCUT2D eigenvalue weighted by atomic mass is 10.1. The molecule has 4 rings (SSSR count). The van der Waals surface area contributed by atoms with Gasteiger partial charge in [-0.3, -0.25) is 4.79 Å². The zero-order valence-electron chi connectivity index (χ0n) is 16.9. The Labute approximate surface area is 175 Å². The van der Waals surface area contributed by atoms with Crippen molar-refractivity contribution in [2.45, 2.75) is 13.8 Å². The second kappa shape index (κ2) is 8.57. The van der Waals surface area contributed by atoms with Crippen LogP contribution in [0.2, 0.25) is 0 Å². The quantitative estimate of drug-likeness (QED) is 0.452. The maximum Gasteiger partial charge on any atom is 0.255 e. The summed E-state index contributed by atoms with van der Waals surface area (Å²) in [6, 6.07) is 24.8. The average molecular weight is 394 g/mol. The molecule has 148 valence electrons. The van der Waals surface area contributed by atoms with Crippen LogP contribution in [0.25, 0.3) is 11.4 Å². The number of nitrogens with zero attached hydrogens (tertiary/aromatic N) is 2. The van der Waals surface area contributed by atoms with Crippen LogP contribution >= 0.6 is 0 Å². The number of anilines is 3. The van der Waals surface area contributed by atoms with Crippen LogP contribution in [0.1, 0.15) is 21.5 Å². The summed E-state index contributed by atoms with van der Waals surface area (Å²) in [6.45, 7) is 4.08. The highest BCUT2D eigenvalue weighted by atomic mass is 16.1. The summed E-state index contributed by atoms with van der Waals surface area (Å²) in [7, 11) is 0. The largest absolute Gasteiger partial charge is 0.340 e. The van der Waals surface area contributed by atoms with Crippen molar-refractivity contribution in [3.8, 4) is 11.4 Å². The third kappa shape index (κ3) is 4.52. The van der Waals surface area contributed by atoms with Gasteiger partial charge in [-0.05, 0) is 61.4 Å². The lowest BCUT2D eigenvalue weighted by Crippen LogP contribution is -2.12. The highest BCUT2D eigenvalue weighted by Crippen LogP contribution is 2.21. The first kappa shape index (κ1) is 19.3. The third-order valence-electron chi connectivity index (χ3n) is 4.85. The zero-order chi connectivity index (χ0) is 20.9. The molecule has 0 radical (unpaired) electrons. The van der Waals surface area contributed by atoms with Crippen LogP contribution in [0.3, 0.4) is 0 Å². The Morgan fingerprint density at radius 2 is 1.63 bits per heavy atom. The number of hydrogen-bond donors (Lipinski definition) is 2. The summed E-state index contributed by atoms with van der Waals surface area (Å²) in [4.78, 5) is 21.6. The fourth-order valence-corrected chi connectivity index (χ4v) is 3.06. The van der Waals surface area contributed by atoms with Crippen LogP contribution in [-0.4, -0.2) is 15.9 Å². The van der Waals surface area contributed by atoms with Gasteiger partial charge in [-0.1, -0.05) is 42.5 Å². The standard InChI is InChI=1S/C25H22N4O/c1-17-11-12-22(15-18(17)2)28-25(30)20-9-6-10-21(16-20)27-23-13-14-26-24(29-23)19-7-4-3-5-8-19/h3-16H,1-2H3,(H,28,30)(H,26,27,29). The van der Waals surface area contributed by atoms with Gasteiger partial charge in [0.15, 0.2) is 5.82 Å². The predicted molar refractivity (Wildman–Crippen MR) is 121 cm³/mol. The van der Waals surface area contributed by atoms with E-state index in [4.69, 9.17) is 0 Å². The van der Waals surface area contributed by atoms with E-state index in [2.05, 4.69) is 20.6 Å². The number of carbonyl (C=O) groups is 1. The van der Waals surface area contributed by atoms with Gasteiger partial charge in [-0.15, -0.1) is 0 Å². The summed E-state index contributed by atoms with van der Waals surface area (Å²) in [5, 5.41) is 6.21. The van der Waals surface area contributed by atoms with Crippen LogP contribution in [-0.2, 0) is 0 Å². The molecule has 1 aromatic heterocycles. The molecule has 5 nitrogen and oxygen atoms in total. The van der Waals surface area contributed by atoms with Crippen LogP contribution in [0.4, 0.5) is 17.2 Å². The van der Waals surface area contributed by atoms with Crippen LogP contribution in [0, 0.1) is 13.8 Å². The average Bonchev–Trinajstić information content (AvgIpc) is 2.77. The molecule has 30 heavy (non-hydrogen) atoms. The molecule has 0 bridgehead atoms. The SMILES string of the molecule is Cc1ccc(NC(=O)c2cccc(Nc3ccnc(-c4ccccc4)n3)c2)cc1C. The van der Waals surface area contributed by atoms with Crippen molar-refractivity contribution in [1.29, 1.82) is 0 Å². The molecule has 0 aliphatic rings. The molecule has 1 heterocycles. The summed E-state index contributed by atoms with van der Waals surface area (Å²) >= 11 is 0. The van der Waals surface area contributed by atoms with E-state index in [1.807, 2.05) is 74.5 Å². The molecular weight excluding hydrogens is 372 g/mol. The molecule has 0 spiro atoms. The highest BCUT2D eigenvalue weighted by molar-refractivity contribution is 6.04. The van der Waals surface area contributed by atoms with Gasteiger partial charge in [0, 0.05) is 28.7 Å². The van der Waals surface area contributed by atoms with Gasteiger partial charge in [-0.25, -0.2) is 9.97 Å². The maximum absolute atomic E-state index is 12.7. The number of amides is 1. The van der Waals surface area contributed by atoms with Crippen molar-refractivity contribution in [2.75, 3.05) is 10.6 Å². The van der Waals surface area contributed by atoms with E-state index < -0.39 is 0 Å². The minimum absolute atomic E-state index is 0.158. The topological polar surface area (TPSA) is 66.9 Å². The number of benzene rings is 3. The van der Waals surface area contributed by atoms with E-state index in [0.717, 1.165) is 22.5 Å². The summed E-state index contributed by atoms with van der Waals surface area (Å²) in [6.07, 6.45) is 1.72. The Kier molecular flexibility index (Phi) is 5.52. The molecule has 2 N–H and O–H groups in total. The van der Waals surface area contributed by atoms with E-state index in [0.29, 0.717) is 17.2 Å². The van der Waals surface area contributed by atoms with Crippen molar-refractivity contribution < 1.29 is 4.79 Å². The number of rotatable bonds is 5. The summed E-state index contributed by atoms with van der Waals surface area (Å²) in [5.74, 6) is 1.15. The molecule has 0 atom stereocenters. The Morgan fingerprint density at radius 3 is 2.43 bits per heavy atom. The number of hydrogen-bond acceptors (Lipinski definition) is 4. The molecule has 5 heteroatoms. The zero-order valence-corrected chi connectivity index (χ0v) is 16.9. The molecular formula is C25H22N4O. The minimum atomic E-state index is -0.158. The first-order valence-corrected chi connectivity index (χ1v) is 9.73. The third-order valence-corrected chi connectivity index (χ3v) is 4.85. The Balaban J connectivity index is 1.51. The normalized spacial score (nSPS) is 10.5. The summed E-state index contributed by atoms with van der Waals surface area (Å²) in [5.41, 5.74) is 5.41. The van der Waals surface area contributed by atoms with Crippen molar-refractivity contribution in [3.63, 3.8) is 0 Å². The number of nitrogens with one attached hydrogen (secondary N) is 2. The van der Waals surface area contributed by atoms with Crippen molar-refractivity contribution in [3.05, 3.63) is 102 Å². The van der Waals surface area contributed by atoms with E-state index in [1.54, 1.807) is 24.4 Å². The van der Waals surface area contributed by atoms with E-state index in [9.17, 15) is 4.79 Å². The molecule has 0 saturated carbocycles. The summed E-state index contributed by atoms with van der Waals surface area (Å²) < 4.78 is 0. The van der Waals surface area contributed by atoms with Crippen molar-refractivity contribution >= 4 is 23.1 Å². The molecule has 4 aromatic rings. The fourth-order valence-electron chi connectivity index (χ4n) is 3.06.